The van der Waals surface area contributed by atoms with Crippen LogP contribution in [0, 0.1) is 5.41 Å². The topological polar surface area (TPSA) is 43.8 Å². The van der Waals surface area contributed by atoms with Gasteiger partial charge in [0, 0.05) is 30.1 Å². The summed E-state index contributed by atoms with van der Waals surface area (Å²) in [6.07, 6.45) is 1.17. The van der Waals surface area contributed by atoms with Gasteiger partial charge in [0.15, 0.2) is 0 Å². The summed E-state index contributed by atoms with van der Waals surface area (Å²) < 4.78 is 2.03. The van der Waals surface area contributed by atoms with Gasteiger partial charge in [-0.1, -0.05) is 34.6 Å². The van der Waals surface area contributed by atoms with Crippen molar-refractivity contribution in [1.29, 1.82) is 0 Å². The van der Waals surface area contributed by atoms with Gasteiger partial charge in [-0.2, -0.15) is 5.10 Å². The van der Waals surface area contributed by atoms with E-state index >= 15 is 0 Å². The minimum absolute atomic E-state index is 0.102. The van der Waals surface area contributed by atoms with Gasteiger partial charge in [-0.3, -0.25) is 4.68 Å². The number of nitrogens with two attached hydrogens (primary N) is 1. The Morgan fingerprint density at radius 3 is 2.24 bits per heavy atom. The predicted octanol–water partition coefficient (Wildman–Crippen LogP) is 2.34. The Morgan fingerprint density at radius 2 is 1.94 bits per heavy atom. The summed E-state index contributed by atoms with van der Waals surface area (Å²) in [5.41, 5.74) is 9.03. The van der Waals surface area contributed by atoms with Crippen LogP contribution in [0.25, 0.3) is 0 Å². The molecule has 1 unspecified atom stereocenters. The standard InChI is InChI=1S/C14H25N3/c1-12(2,3)10-7-11(17(6)16-10)14(9-15)8-13(14,4)5/h7H,8-9,15H2,1-6H3. The zero-order chi connectivity index (χ0) is 13.1. The predicted molar refractivity (Wildman–Crippen MR) is 71.0 cm³/mol. The van der Waals surface area contributed by atoms with Crippen LogP contribution < -0.4 is 5.73 Å². The molecule has 0 amide bonds. The van der Waals surface area contributed by atoms with E-state index in [1.165, 1.54) is 12.1 Å². The SMILES string of the molecule is Cn1nc(C(C)(C)C)cc1C1(CN)CC1(C)C. The van der Waals surface area contributed by atoms with E-state index < -0.39 is 0 Å². The second kappa shape index (κ2) is 3.35. The van der Waals surface area contributed by atoms with Crippen molar-refractivity contribution in [2.24, 2.45) is 18.2 Å². The van der Waals surface area contributed by atoms with E-state index in [1.807, 2.05) is 11.7 Å². The zero-order valence-electron chi connectivity index (χ0n) is 12.0. The van der Waals surface area contributed by atoms with Crippen molar-refractivity contribution in [1.82, 2.24) is 9.78 Å². The summed E-state index contributed by atoms with van der Waals surface area (Å²) in [6, 6.07) is 2.25. The monoisotopic (exact) mass is 235 g/mol. The third kappa shape index (κ3) is 1.71. The highest BCUT2D eigenvalue weighted by atomic mass is 15.3. The first-order valence-corrected chi connectivity index (χ1v) is 6.39. The van der Waals surface area contributed by atoms with Crippen molar-refractivity contribution in [3.63, 3.8) is 0 Å². The maximum absolute atomic E-state index is 6.02. The van der Waals surface area contributed by atoms with Gasteiger partial charge in [0.05, 0.1) is 5.69 Å². The lowest BCUT2D eigenvalue weighted by molar-refractivity contribution is 0.471. The molecule has 1 aliphatic rings. The fourth-order valence-electron chi connectivity index (χ4n) is 2.88. The fraction of sp³-hybridized carbons (Fsp3) is 0.786. The third-order valence-electron chi connectivity index (χ3n) is 4.40. The van der Waals surface area contributed by atoms with E-state index in [4.69, 9.17) is 5.73 Å². The number of aromatic nitrogens is 2. The summed E-state index contributed by atoms with van der Waals surface area (Å²) in [5.74, 6) is 0. The number of hydrogen-bond acceptors (Lipinski definition) is 2. The van der Waals surface area contributed by atoms with E-state index in [9.17, 15) is 0 Å². The molecule has 1 saturated carbocycles. The van der Waals surface area contributed by atoms with Gasteiger partial charge in [0.25, 0.3) is 0 Å². The molecule has 3 nitrogen and oxygen atoms in total. The number of rotatable bonds is 2. The summed E-state index contributed by atoms with van der Waals surface area (Å²) in [6.45, 7) is 11.9. The zero-order valence-corrected chi connectivity index (χ0v) is 12.0. The average Bonchev–Trinajstić information content (AvgIpc) is 2.53. The van der Waals surface area contributed by atoms with Crippen LogP contribution in [0.5, 0.6) is 0 Å². The van der Waals surface area contributed by atoms with Crippen LogP contribution in [-0.4, -0.2) is 16.3 Å². The Bertz CT molecular complexity index is 437. The number of nitrogens with zero attached hydrogens (tertiary/aromatic N) is 2. The van der Waals surface area contributed by atoms with Crippen LogP contribution in [0.1, 0.15) is 52.4 Å². The first-order chi connectivity index (χ1) is 7.64. The molecule has 0 spiro atoms. The fourth-order valence-corrected chi connectivity index (χ4v) is 2.88. The van der Waals surface area contributed by atoms with Crippen LogP contribution in [0.3, 0.4) is 0 Å². The van der Waals surface area contributed by atoms with E-state index in [-0.39, 0.29) is 10.8 Å². The maximum Gasteiger partial charge on any atom is 0.0681 e. The lowest BCUT2D eigenvalue weighted by Crippen LogP contribution is -2.27. The van der Waals surface area contributed by atoms with Gasteiger partial charge in [-0.15, -0.1) is 0 Å². The molecule has 1 atom stereocenters. The van der Waals surface area contributed by atoms with Crippen molar-refractivity contribution in [3.05, 3.63) is 17.5 Å². The third-order valence-corrected chi connectivity index (χ3v) is 4.40. The molecule has 0 aliphatic heterocycles. The smallest absolute Gasteiger partial charge is 0.0681 e. The molecule has 96 valence electrons. The molecular formula is C14H25N3. The quantitative estimate of drug-likeness (QED) is 0.855. The highest BCUT2D eigenvalue weighted by molar-refractivity contribution is 5.35. The molecule has 1 aromatic rings. The Kier molecular flexibility index (Phi) is 2.48. The van der Waals surface area contributed by atoms with E-state index in [0.717, 1.165) is 5.69 Å². The van der Waals surface area contributed by atoms with Crippen molar-refractivity contribution < 1.29 is 0 Å². The lowest BCUT2D eigenvalue weighted by Gasteiger charge is -2.18. The summed E-state index contributed by atoms with van der Waals surface area (Å²) >= 11 is 0. The molecule has 1 heterocycles. The maximum atomic E-state index is 6.02. The normalized spacial score (nSPS) is 27.2. The lowest BCUT2D eigenvalue weighted by atomic mass is 9.88. The Labute approximate surface area is 104 Å². The highest BCUT2D eigenvalue weighted by Crippen LogP contribution is 2.63. The van der Waals surface area contributed by atoms with Crippen molar-refractivity contribution in [2.75, 3.05) is 6.54 Å². The van der Waals surface area contributed by atoms with E-state index in [2.05, 4.69) is 45.8 Å². The Balaban J connectivity index is 2.45. The van der Waals surface area contributed by atoms with Crippen LogP contribution >= 0.6 is 0 Å². The van der Waals surface area contributed by atoms with Gasteiger partial charge >= 0.3 is 0 Å². The second-order valence-corrected chi connectivity index (χ2v) is 7.14. The Morgan fingerprint density at radius 1 is 1.41 bits per heavy atom. The summed E-state index contributed by atoms with van der Waals surface area (Å²) in [5, 5.41) is 4.66. The average molecular weight is 235 g/mol. The van der Waals surface area contributed by atoms with Gasteiger partial charge < -0.3 is 5.73 Å². The molecule has 1 aliphatic carbocycles. The van der Waals surface area contributed by atoms with E-state index in [1.54, 1.807) is 0 Å². The minimum Gasteiger partial charge on any atom is -0.330 e. The van der Waals surface area contributed by atoms with Crippen molar-refractivity contribution >= 4 is 0 Å². The molecule has 2 rings (SSSR count). The van der Waals surface area contributed by atoms with Crippen molar-refractivity contribution in [3.8, 4) is 0 Å². The molecule has 0 aromatic carbocycles. The summed E-state index contributed by atoms with van der Waals surface area (Å²) in [4.78, 5) is 0. The minimum atomic E-state index is 0.102. The van der Waals surface area contributed by atoms with Crippen LogP contribution in [0.2, 0.25) is 0 Å². The van der Waals surface area contributed by atoms with Crippen molar-refractivity contribution in [2.45, 2.75) is 51.9 Å². The van der Waals surface area contributed by atoms with Crippen LogP contribution in [0.15, 0.2) is 6.07 Å². The molecule has 2 N–H and O–H groups in total. The number of hydrogen-bond donors (Lipinski definition) is 1. The van der Waals surface area contributed by atoms with Crippen LogP contribution in [0.4, 0.5) is 0 Å². The summed E-state index contributed by atoms with van der Waals surface area (Å²) in [7, 11) is 2.04. The van der Waals surface area contributed by atoms with Gasteiger partial charge in [-0.05, 0) is 17.9 Å². The molecular weight excluding hydrogens is 210 g/mol. The molecule has 0 saturated heterocycles. The molecule has 17 heavy (non-hydrogen) atoms. The van der Waals surface area contributed by atoms with Gasteiger partial charge in [0.2, 0.25) is 0 Å². The molecule has 1 fully saturated rings. The Hall–Kier alpha value is -0.830. The largest absolute Gasteiger partial charge is 0.330 e. The molecule has 1 aromatic heterocycles. The van der Waals surface area contributed by atoms with E-state index in [0.29, 0.717) is 12.0 Å². The first kappa shape index (κ1) is 12.6. The molecule has 3 heteroatoms. The molecule has 0 bridgehead atoms. The van der Waals surface area contributed by atoms with Crippen LogP contribution in [-0.2, 0) is 17.9 Å². The second-order valence-electron chi connectivity index (χ2n) is 7.14. The highest BCUT2D eigenvalue weighted by Gasteiger charge is 2.62. The number of aryl methyl sites for hydroxylation is 1. The molecule has 0 radical (unpaired) electrons. The first-order valence-electron chi connectivity index (χ1n) is 6.39. The van der Waals surface area contributed by atoms with Gasteiger partial charge in [0.1, 0.15) is 0 Å². The van der Waals surface area contributed by atoms with Gasteiger partial charge in [-0.25, -0.2) is 0 Å².